The van der Waals surface area contributed by atoms with Gasteiger partial charge in [-0.25, -0.2) is 0 Å². The molecule has 0 aromatic heterocycles. The van der Waals surface area contributed by atoms with E-state index in [9.17, 15) is 26.3 Å². The highest BCUT2D eigenvalue weighted by Crippen LogP contribution is 2.71. The molecule has 0 spiro atoms. The fourth-order valence-corrected chi connectivity index (χ4v) is 3.25. The van der Waals surface area contributed by atoms with Crippen molar-refractivity contribution < 1.29 is 26.3 Å². The van der Waals surface area contributed by atoms with Crippen LogP contribution < -0.4 is 0 Å². The topological polar surface area (TPSA) is 0 Å². The maximum atomic E-state index is 12.9. The van der Waals surface area contributed by atoms with Crippen LogP contribution in [0.15, 0.2) is 0 Å². The smallest absolute Gasteiger partial charge is 0.171 e. The molecule has 0 N–H and O–H groups in total. The average Bonchev–Trinajstić information content (AvgIpc) is 2.10. The Morgan fingerprint density at radius 1 is 0.882 bits per heavy atom. The molecule has 102 valence electrons. The first-order chi connectivity index (χ1) is 7.27. The summed E-state index contributed by atoms with van der Waals surface area (Å²) in [4.78, 5) is 0. The number of alkyl halides is 6. The zero-order chi connectivity index (χ0) is 13.9. The molecule has 0 aliphatic heterocycles. The van der Waals surface area contributed by atoms with E-state index < -0.39 is 41.4 Å². The maximum Gasteiger partial charge on any atom is 0.394 e. The molecule has 0 heterocycles. The van der Waals surface area contributed by atoms with Crippen LogP contribution in [0.2, 0.25) is 0 Å². The van der Waals surface area contributed by atoms with Gasteiger partial charge in [0.05, 0.1) is 5.41 Å². The van der Waals surface area contributed by atoms with Gasteiger partial charge in [0, 0.05) is 6.42 Å². The van der Waals surface area contributed by atoms with E-state index in [1.165, 1.54) is 20.8 Å². The Labute approximate surface area is 96.4 Å². The van der Waals surface area contributed by atoms with Crippen molar-refractivity contribution in [3.05, 3.63) is 0 Å². The summed E-state index contributed by atoms with van der Waals surface area (Å²) < 4.78 is 75.8. The molecular formula is C11H16F6. The third kappa shape index (κ3) is 1.93. The highest BCUT2D eigenvalue weighted by Gasteiger charge is 2.73. The van der Waals surface area contributed by atoms with Gasteiger partial charge in [-0.05, 0) is 17.3 Å². The molecule has 6 heteroatoms. The Bertz CT molecular complexity index is 290. The molecule has 1 aliphatic carbocycles. The molecule has 0 bridgehead atoms. The second-order valence-corrected chi connectivity index (χ2v) is 5.52. The van der Waals surface area contributed by atoms with Gasteiger partial charge in [-0.2, -0.15) is 26.3 Å². The molecule has 1 aliphatic rings. The van der Waals surface area contributed by atoms with Crippen molar-refractivity contribution >= 4 is 0 Å². The van der Waals surface area contributed by atoms with E-state index in [2.05, 4.69) is 0 Å². The van der Waals surface area contributed by atoms with Gasteiger partial charge in [0.25, 0.3) is 0 Å². The molecule has 0 aromatic carbocycles. The molecule has 1 rings (SSSR count). The highest BCUT2D eigenvalue weighted by molar-refractivity contribution is 5.12. The van der Waals surface area contributed by atoms with Gasteiger partial charge in [0.2, 0.25) is 0 Å². The van der Waals surface area contributed by atoms with Gasteiger partial charge < -0.3 is 0 Å². The Morgan fingerprint density at radius 2 is 1.24 bits per heavy atom. The van der Waals surface area contributed by atoms with Gasteiger partial charge in [0.1, 0.15) is 0 Å². The normalized spacial score (nSPS) is 43.4. The highest BCUT2D eigenvalue weighted by atomic mass is 19.4. The third-order valence-electron chi connectivity index (χ3n) is 4.97. The summed E-state index contributed by atoms with van der Waals surface area (Å²) in [5.74, 6) is -2.07. The lowest BCUT2D eigenvalue weighted by Crippen LogP contribution is -2.66. The summed E-state index contributed by atoms with van der Waals surface area (Å²) in [7, 11) is 0. The second-order valence-electron chi connectivity index (χ2n) is 5.52. The minimum Gasteiger partial charge on any atom is -0.171 e. The molecular weight excluding hydrogens is 246 g/mol. The standard InChI is InChI=1S/C11H16F6/c1-6-8(3,5-10(12,13)14)7(2)9(6,4)11(15,16)17/h6-7H,5H2,1-4H3. The summed E-state index contributed by atoms with van der Waals surface area (Å²) in [5.41, 5.74) is -3.35. The lowest BCUT2D eigenvalue weighted by Gasteiger charge is -2.65. The van der Waals surface area contributed by atoms with E-state index in [4.69, 9.17) is 0 Å². The zero-order valence-corrected chi connectivity index (χ0v) is 10.1. The molecule has 0 aromatic rings. The molecule has 0 amide bonds. The van der Waals surface area contributed by atoms with Gasteiger partial charge in [-0.1, -0.05) is 27.7 Å². The fourth-order valence-electron chi connectivity index (χ4n) is 3.25. The first-order valence-electron chi connectivity index (χ1n) is 5.40. The average molecular weight is 262 g/mol. The van der Waals surface area contributed by atoms with Crippen LogP contribution in [-0.4, -0.2) is 12.4 Å². The Hall–Kier alpha value is -0.420. The van der Waals surface area contributed by atoms with Crippen molar-refractivity contribution in [2.24, 2.45) is 22.7 Å². The van der Waals surface area contributed by atoms with E-state index in [0.29, 0.717) is 0 Å². The van der Waals surface area contributed by atoms with Crippen LogP contribution in [0.1, 0.15) is 34.1 Å². The van der Waals surface area contributed by atoms with E-state index in [1.807, 2.05) is 0 Å². The van der Waals surface area contributed by atoms with Gasteiger partial charge in [0.15, 0.2) is 0 Å². The summed E-state index contributed by atoms with van der Waals surface area (Å²) in [5, 5.41) is 0. The van der Waals surface area contributed by atoms with Crippen molar-refractivity contribution in [3.63, 3.8) is 0 Å². The molecule has 1 fully saturated rings. The first kappa shape index (κ1) is 14.6. The van der Waals surface area contributed by atoms with Crippen molar-refractivity contribution in [1.82, 2.24) is 0 Å². The summed E-state index contributed by atoms with van der Waals surface area (Å²) in [6, 6.07) is 0. The number of halogens is 6. The first-order valence-corrected chi connectivity index (χ1v) is 5.40. The van der Waals surface area contributed by atoms with Crippen molar-refractivity contribution in [2.75, 3.05) is 0 Å². The molecule has 2 atom stereocenters. The summed E-state index contributed by atoms with van der Waals surface area (Å²) >= 11 is 0. The quantitative estimate of drug-likeness (QED) is 0.595. The maximum absolute atomic E-state index is 12.9. The van der Waals surface area contributed by atoms with Crippen LogP contribution in [0.5, 0.6) is 0 Å². The predicted molar refractivity (Wildman–Crippen MR) is 51.3 cm³/mol. The molecule has 2 unspecified atom stereocenters. The minimum absolute atomic E-state index is 1.01. The van der Waals surface area contributed by atoms with Crippen LogP contribution in [0.25, 0.3) is 0 Å². The molecule has 0 nitrogen and oxygen atoms in total. The Kier molecular flexibility index (Phi) is 3.05. The summed E-state index contributed by atoms with van der Waals surface area (Å²) in [6.07, 6.45) is -10.0. The van der Waals surface area contributed by atoms with Gasteiger partial charge >= 0.3 is 12.4 Å². The zero-order valence-electron chi connectivity index (χ0n) is 10.1. The molecule has 17 heavy (non-hydrogen) atoms. The Balaban J connectivity index is 2.99. The van der Waals surface area contributed by atoms with Gasteiger partial charge in [-0.15, -0.1) is 0 Å². The lowest BCUT2D eigenvalue weighted by atomic mass is 9.40. The predicted octanol–water partition coefficient (Wildman–Crippen LogP) is 4.80. The monoisotopic (exact) mass is 262 g/mol. The van der Waals surface area contributed by atoms with E-state index in [1.54, 1.807) is 0 Å². The van der Waals surface area contributed by atoms with Crippen LogP contribution in [0, 0.1) is 22.7 Å². The largest absolute Gasteiger partial charge is 0.394 e. The van der Waals surface area contributed by atoms with Crippen molar-refractivity contribution in [1.29, 1.82) is 0 Å². The van der Waals surface area contributed by atoms with Crippen LogP contribution >= 0.6 is 0 Å². The third-order valence-corrected chi connectivity index (χ3v) is 4.97. The number of hydrogen-bond acceptors (Lipinski definition) is 0. The molecule has 1 saturated carbocycles. The number of hydrogen-bond donors (Lipinski definition) is 0. The van der Waals surface area contributed by atoms with E-state index in [-0.39, 0.29) is 0 Å². The summed E-state index contributed by atoms with van der Waals surface area (Å²) in [6.45, 7) is 4.84. The van der Waals surface area contributed by atoms with Crippen LogP contribution in [-0.2, 0) is 0 Å². The van der Waals surface area contributed by atoms with E-state index >= 15 is 0 Å². The molecule has 0 radical (unpaired) electrons. The van der Waals surface area contributed by atoms with Crippen LogP contribution in [0.4, 0.5) is 26.3 Å². The lowest BCUT2D eigenvalue weighted by molar-refractivity contribution is -0.348. The van der Waals surface area contributed by atoms with E-state index in [0.717, 1.165) is 6.92 Å². The van der Waals surface area contributed by atoms with Crippen LogP contribution in [0.3, 0.4) is 0 Å². The molecule has 0 saturated heterocycles. The fraction of sp³-hybridized carbons (Fsp3) is 1.00. The van der Waals surface area contributed by atoms with Gasteiger partial charge in [-0.3, -0.25) is 0 Å². The Morgan fingerprint density at radius 3 is 1.47 bits per heavy atom. The number of rotatable bonds is 1. The van der Waals surface area contributed by atoms with Crippen molar-refractivity contribution in [3.8, 4) is 0 Å². The minimum atomic E-state index is -4.46. The SMILES string of the molecule is CC1C(C)(CC(F)(F)F)C(C)C1(C)C(F)(F)F. The second kappa shape index (κ2) is 3.54. The van der Waals surface area contributed by atoms with Crippen molar-refractivity contribution in [2.45, 2.75) is 46.5 Å².